The molecular formula is C29H29N3O3. The van der Waals surface area contributed by atoms with Gasteiger partial charge < -0.3 is 20.5 Å². The summed E-state index contributed by atoms with van der Waals surface area (Å²) < 4.78 is 5.97. The van der Waals surface area contributed by atoms with Crippen LogP contribution in [0.25, 0.3) is 11.1 Å². The average Bonchev–Trinajstić information content (AvgIpc) is 3.25. The van der Waals surface area contributed by atoms with Gasteiger partial charge in [0.1, 0.15) is 11.5 Å². The van der Waals surface area contributed by atoms with Crippen LogP contribution in [0.3, 0.4) is 0 Å². The van der Waals surface area contributed by atoms with Gasteiger partial charge in [-0.2, -0.15) is 0 Å². The van der Waals surface area contributed by atoms with E-state index in [2.05, 4.69) is 59.6 Å². The van der Waals surface area contributed by atoms with Crippen LogP contribution >= 0.6 is 0 Å². The average molecular weight is 468 g/mol. The lowest BCUT2D eigenvalue weighted by atomic mass is 9.95. The first-order valence-corrected chi connectivity index (χ1v) is 11.5. The number of nitrogens with zero attached hydrogens (tertiary/aromatic N) is 1. The predicted molar refractivity (Wildman–Crippen MR) is 140 cm³/mol. The van der Waals surface area contributed by atoms with Crippen LogP contribution in [0.1, 0.15) is 29.7 Å². The number of rotatable bonds is 9. The number of aliphatic imine (C=N–C) groups is 1. The molecule has 1 aliphatic rings. The second-order valence-corrected chi connectivity index (χ2v) is 8.46. The van der Waals surface area contributed by atoms with Crippen molar-refractivity contribution in [2.75, 3.05) is 6.54 Å². The molecule has 1 atom stereocenters. The van der Waals surface area contributed by atoms with Crippen molar-refractivity contribution in [1.29, 1.82) is 0 Å². The molecule has 1 heterocycles. The monoisotopic (exact) mass is 467 g/mol. The van der Waals surface area contributed by atoms with Crippen LogP contribution in [0.15, 0.2) is 95.3 Å². The summed E-state index contributed by atoms with van der Waals surface area (Å²) in [5.41, 5.74) is 6.69. The van der Waals surface area contributed by atoms with Crippen molar-refractivity contribution < 1.29 is 14.6 Å². The maximum absolute atomic E-state index is 11.5. The molecule has 6 heteroatoms. The third kappa shape index (κ3) is 5.67. The standard InChI is InChI=1S/C29H29N3O3/c1-19-15-24(35-23-7-5-4-6-8-23)10-12-25(19)21-9-11-27-22(16-21)17-32-28(27)18-31-20(2)26(29(33)34)13-14-30-3/h4-16,28,31-32H,3,17-18H2,1-2H3,(H,33,34)/b14-13-,26-20-/t28-/m0/s1. The second kappa shape index (κ2) is 10.8. The fraction of sp³-hybridized carbons (Fsp3) is 0.172. The SMILES string of the molecule is C=N/C=C\C(C(=O)O)=C(/C)NC[C@@H]1NCc2cc(-c3ccc(Oc4ccccc4)cc3C)ccc21. The van der Waals surface area contributed by atoms with E-state index in [-0.39, 0.29) is 11.6 Å². The molecule has 3 N–H and O–H groups in total. The number of aliphatic carboxylic acids is 1. The van der Waals surface area contributed by atoms with E-state index in [1.54, 1.807) is 6.92 Å². The molecule has 3 aromatic carbocycles. The number of nitrogens with one attached hydrogen (secondary N) is 2. The lowest BCUT2D eigenvalue weighted by Gasteiger charge is -2.16. The number of carboxylic acid groups (broad SMARTS) is 1. The highest BCUT2D eigenvalue weighted by atomic mass is 16.5. The van der Waals surface area contributed by atoms with E-state index >= 15 is 0 Å². The number of para-hydroxylation sites is 1. The van der Waals surface area contributed by atoms with Crippen LogP contribution in [0, 0.1) is 6.92 Å². The number of ether oxygens (including phenoxy) is 1. The summed E-state index contributed by atoms with van der Waals surface area (Å²) in [6.07, 6.45) is 2.82. The molecule has 0 spiro atoms. The molecule has 0 unspecified atom stereocenters. The summed E-state index contributed by atoms with van der Waals surface area (Å²) in [7, 11) is 0. The molecule has 35 heavy (non-hydrogen) atoms. The van der Waals surface area contributed by atoms with Crippen molar-refractivity contribution >= 4 is 12.7 Å². The van der Waals surface area contributed by atoms with Gasteiger partial charge in [0.05, 0.1) is 11.6 Å². The number of hydrogen-bond donors (Lipinski definition) is 3. The highest BCUT2D eigenvalue weighted by molar-refractivity contribution is 5.90. The topological polar surface area (TPSA) is 83.0 Å². The van der Waals surface area contributed by atoms with Crippen molar-refractivity contribution in [3.63, 3.8) is 0 Å². The predicted octanol–water partition coefficient (Wildman–Crippen LogP) is 5.76. The molecule has 0 saturated heterocycles. The Morgan fingerprint density at radius 2 is 1.97 bits per heavy atom. The molecule has 4 rings (SSSR count). The van der Waals surface area contributed by atoms with Gasteiger partial charge in [0.2, 0.25) is 0 Å². The van der Waals surface area contributed by atoms with Crippen LogP contribution in [0.2, 0.25) is 0 Å². The van der Waals surface area contributed by atoms with E-state index in [1.807, 2.05) is 36.4 Å². The van der Waals surface area contributed by atoms with E-state index in [1.165, 1.54) is 29.0 Å². The molecule has 178 valence electrons. The number of allylic oxidation sites excluding steroid dienone is 1. The number of hydrogen-bond acceptors (Lipinski definition) is 5. The molecule has 0 bridgehead atoms. The molecular weight excluding hydrogens is 438 g/mol. The van der Waals surface area contributed by atoms with E-state index < -0.39 is 5.97 Å². The van der Waals surface area contributed by atoms with Gasteiger partial charge >= 0.3 is 5.97 Å². The Morgan fingerprint density at radius 1 is 1.17 bits per heavy atom. The van der Waals surface area contributed by atoms with E-state index in [9.17, 15) is 9.90 Å². The molecule has 6 nitrogen and oxygen atoms in total. The number of carbonyl (C=O) groups is 1. The Kier molecular flexibility index (Phi) is 7.43. The van der Waals surface area contributed by atoms with Crippen molar-refractivity contribution in [2.24, 2.45) is 4.99 Å². The van der Waals surface area contributed by atoms with Crippen LogP contribution in [-0.4, -0.2) is 24.3 Å². The minimum Gasteiger partial charge on any atom is -0.478 e. The zero-order valence-electron chi connectivity index (χ0n) is 19.9. The normalized spacial score (nSPS) is 15.4. The van der Waals surface area contributed by atoms with Gasteiger partial charge in [0.25, 0.3) is 0 Å². The Labute approximate surface area is 205 Å². The quantitative estimate of drug-likeness (QED) is 0.212. The van der Waals surface area contributed by atoms with Crippen LogP contribution in [0.5, 0.6) is 11.5 Å². The van der Waals surface area contributed by atoms with Crippen molar-refractivity contribution in [2.45, 2.75) is 26.4 Å². The third-order valence-corrected chi connectivity index (χ3v) is 6.10. The summed E-state index contributed by atoms with van der Waals surface area (Å²) in [4.78, 5) is 15.1. The summed E-state index contributed by atoms with van der Waals surface area (Å²) in [6, 6.07) is 22.5. The minimum absolute atomic E-state index is 0.0910. The van der Waals surface area contributed by atoms with Crippen LogP contribution < -0.4 is 15.4 Å². The minimum atomic E-state index is -1.00. The van der Waals surface area contributed by atoms with Gasteiger partial charge in [-0.25, -0.2) is 4.79 Å². The molecule has 0 saturated carbocycles. The fourth-order valence-corrected chi connectivity index (χ4v) is 4.27. The first-order valence-electron chi connectivity index (χ1n) is 11.5. The maximum Gasteiger partial charge on any atom is 0.337 e. The lowest BCUT2D eigenvalue weighted by Crippen LogP contribution is -2.27. The molecule has 0 radical (unpaired) electrons. The van der Waals surface area contributed by atoms with Crippen LogP contribution in [0.4, 0.5) is 0 Å². The number of aryl methyl sites for hydroxylation is 1. The smallest absolute Gasteiger partial charge is 0.337 e. The Bertz CT molecular complexity index is 1300. The lowest BCUT2D eigenvalue weighted by molar-refractivity contribution is -0.132. The molecule has 0 amide bonds. The summed E-state index contributed by atoms with van der Waals surface area (Å²) in [5.74, 6) is 0.626. The molecule has 1 aliphatic heterocycles. The van der Waals surface area contributed by atoms with Gasteiger partial charge in [0.15, 0.2) is 0 Å². The van der Waals surface area contributed by atoms with Gasteiger partial charge in [0, 0.05) is 25.0 Å². The summed E-state index contributed by atoms with van der Waals surface area (Å²) >= 11 is 0. The number of benzene rings is 3. The molecule has 0 aliphatic carbocycles. The van der Waals surface area contributed by atoms with Gasteiger partial charge in [-0.05, 0) is 84.8 Å². The van der Waals surface area contributed by atoms with Crippen LogP contribution in [-0.2, 0) is 11.3 Å². The molecule has 0 fully saturated rings. The summed E-state index contributed by atoms with van der Waals surface area (Å²) in [5, 5.41) is 16.2. The Balaban J connectivity index is 1.48. The second-order valence-electron chi connectivity index (χ2n) is 8.46. The highest BCUT2D eigenvalue weighted by Gasteiger charge is 2.22. The van der Waals surface area contributed by atoms with E-state index in [4.69, 9.17) is 4.74 Å². The summed E-state index contributed by atoms with van der Waals surface area (Å²) in [6.45, 7) is 8.54. The fourth-order valence-electron chi connectivity index (χ4n) is 4.27. The number of carboxylic acids is 1. The van der Waals surface area contributed by atoms with E-state index in [0.29, 0.717) is 12.2 Å². The third-order valence-electron chi connectivity index (χ3n) is 6.10. The first kappa shape index (κ1) is 24.0. The van der Waals surface area contributed by atoms with Crippen molar-refractivity contribution in [3.05, 3.63) is 107 Å². The molecule has 3 aromatic rings. The van der Waals surface area contributed by atoms with E-state index in [0.717, 1.165) is 29.2 Å². The maximum atomic E-state index is 11.5. The molecule has 0 aromatic heterocycles. The Morgan fingerprint density at radius 3 is 2.69 bits per heavy atom. The number of fused-ring (bicyclic) bond motifs is 1. The van der Waals surface area contributed by atoms with Gasteiger partial charge in [-0.3, -0.25) is 4.99 Å². The zero-order valence-corrected chi connectivity index (χ0v) is 19.9. The van der Waals surface area contributed by atoms with Gasteiger partial charge in [-0.15, -0.1) is 0 Å². The van der Waals surface area contributed by atoms with Gasteiger partial charge in [-0.1, -0.05) is 36.4 Å². The largest absolute Gasteiger partial charge is 0.478 e. The highest BCUT2D eigenvalue weighted by Crippen LogP contribution is 2.33. The van der Waals surface area contributed by atoms with Crippen molar-refractivity contribution in [1.82, 2.24) is 10.6 Å². The zero-order chi connectivity index (χ0) is 24.8. The van der Waals surface area contributed by atoms with Crippen molar-refractivity contribution in [3.8, 4) is 22.6 Å². The first-order chi connectivity index (χ1) is 17.0. The Hall–Kier alpha value is -4.16.